The minimum absolute atomic E-state index is 0. The molecular weight excluding hydrogens is 323 g/mol. The Bertz CT molecular complexity index is 11.7. The molecule has 7 heavy (non-hydrogen) atoms. The normalized spacial score (nSPS) is 0. The van der Waals surface area contributed by atoms with Gasteiger partial charge >= 0.3 is 75.6 Å². The second-order valence-corrected chi connectivity index (χ2v) is 0. The zero-order chi connectivity index (χ0) is 0. The molecule has 0 aliphatic heterocycles. The van der Waals surface area contributed by atoms with E-state index in [1.807, 2.05) is 0 Å². The van der Waals surface area contributed by atoms with Crippen LogP contribution in [0, 0.1) is 0 Å². The fourth-order valence-electron chi connectivity index (χ4n) is 0. The summed E-state index contributed by atoms with van der Waals surface area (Å²) in [4.78, 5) is 0. The van der Waals surface area contributed by atoms with Crippen molar-refractivity contribution in [2.75, 3.05) is 0 Å². The summed E-state index contributed by atoms with van der Waals surface area (Å²) in [5.74, 6) is 0. The van der Waals surface area contributed by atoms with Crippen LogP contribution in [0.5, 0.6) is 0 Å². The quantitative estimate of drug-likeness (QED) is 0.516. The maximum Gasteiger partial charge on any atom is 3.00 e. The van der Waals surface area contributed by atoms with Gasteiger partial charge in [0.25, 0.3) is 0 Å². The Hall–Kier alpha value is 2.33. The fourth-order valence-corrected chi connectivity index (χ4v) is 0. The Morgan fingerprint density at radius 2 is 0.571 bits per heavy atom. The van der Waals surface area contributed by atoms with Crippen molar-refractivity contribution in [3.05, 3.63) is 0 Å². The minimum atomic E-state index is 0. The Balaban J connectivity index is 0. The molecule has 0 spiro atoms. The summed E-state index contributed by atoms with van der Waals surface area (Å²) in [5, 5.41) is 0. The van der Waals surface area contributed by atoms with Gasteiger partial charge in [0.2, 0.25) is 0 Å². The smallest absolute Gasteiger partial charge is 2.00 e. The van der Waals surface area contributed by atoms with Gasteiger partial charge in [-0.15, -0.1) is 0 Å². The molecule has 0 saturated carbocycles. The molecule has 0 N–H and O–H groups in total. The van der Waals surface area contributed by atoms with Gasteiger partial charge in [0.15, 0.2) is 0 Å². The topological polar surface area (TPSA) is 114 Å². The van der Waals surface area contributed by atoms with Gasteiger partial charge in [-0.1, -0.05) is 0 Å². The van der Waals surface area contributed by atoms with Crippen LogP contribution >= 0.6 is 0 Å². The molecule has 0 aromatic carbocycles. The summed E-state index contributed by atoms with van der Waals surface area (Å²) in [5.41, 5.74) is 0. The maximum absolute atomic E-state index is 0. The van der Waals surface area contributed by atoms with Gasteiger partial charge in [-0.05, 0) is 0 Å². The standard InChI is InChI=1S/In.Mn.4O.Y/q+3;+2;4*-2;+3. The largest absolute Gasteiger partial charge is 3.00 e. The van der Waals surface area contributed by atoms with E-state index in [2.05, 4.69) is 0 Å². The molecule has 4 nitrogen and oxygen atoms in total. The van der Waals surface area contributed by atoms with Crippen LogP contribution in [0.3, 0.4) is 0 Å². The first kappa shape index (κ1) is 119. The van der Waals surface area contributed by atoms with Gasteiger partial charge in [0.1, 0.15) is 0 Å². The molecule has 0 bridgehead atoms. The van der Waals surface area contributed by atoms with Gasteiger partial charge in [0, 0.05) is 0 Å². The molecule has 1 radical (unpaired) electrons. The fraction of sp³-hybridized carbons (Fsp3) is 0. The van der Waals surface area contributed by atoms with E-state index in [9.17, 15) is 0 Å². The van der Waals surface area contributed by atoms with Crippen molar-refractivity contribution < 1.29 is 71.7 Å². The van der Waals surface area contributed by atoms with Gasteiger partial charge in [-0.2, -0.15) is 0 Å². The summed E-state index contributed by atoms with van der Waals surface area (Å²) in [6, 6.07) is 0. The molecule has 0 rings (SSSR count). The van der Waals surface area contributed by atoms with Crippen LogP contribution in [-0.2, 0) is 71.7 Å². The van der Waals surface area contributed by atoms with Crippen molar-refractivity contribution in [3.63, 3.8) is 0 Å². The Kier molecular flexibility index (Phi) is 1400. The monoisotopic (exact) mass is 323 g/mol. The first-order valence-electron chi connectivity index (χ1n) is 0. The third-order valence-corrected chi connectivity index (χ3v) is 0. The maximum atomic E-state index is 0. The second-order valence-electron chi connectivity index (χ2n) is 0. The van der Waals surface area contributed by atoms with E-state index >= 15 is 0 Å². The van der Waals surface area contributed by atoms with E-state index in [4.69, 9.17) is 0 Å². The summed E-state index contributed by atoms with van der Waals surface area (Å²) in [6.45, 7) is 0. The van der Waals surface area contributed by atoms with Crippen LogP contribution in [0.15, 0.2) is 0 Å². The third-order valence-electron chi connectivity index (χ3n) is 0. The van der Waals surface area contributed by atoms with E-state index in [0.29, 0.717) is 0 Å². The summed E-state index contributed by atoms with van der Waals surface area (Å²) in [7, 11) is 0. The molecule has 37 valence electrons. The van der Waals surface area contributed by atoms with Crippen molar-refractivity contribution in [1.29, 1.82) is 0 Å². The average molecular weight is 323 g/mol. The summed E-state index contributed by atoms with van der Waals surface area (Å²) < 4.78 is 0. The molecule has 0 fully saturated rings. The summed E-state index contributed by atoms with van der Waals surface area (Å²) in [6.07, 6.45) is 0. The number of rotatable bonds is 0. The van der Waals surface area contributed by atoms with Gasteiger partial charge in [-0.3, -0.25) is 0 Å². The zero-order valence-electron chi connectivity index (χ0n) is 3.17. The Morgan fingerprint density at radius 3 is 0.571 bits per heavy atom. The van der Waals surface area contributed by atoms with Crippen molar-refractivity contribution in [2.24, 2.45) is 0 Å². The molecular formula is InMnO4Y. The molecule has 0 atom stereocenters. The second kappa shape index (κ2) is 82.3. The molecule has 7 heteroatoms. The van der Waals surface area contributed by atoms with E-state index in [-0.39, 0.29) is 97.5 Å². The summed E-state index contributed by atoms with van der Waals surface area (Å²) >= 11 is 0. The van der Waals surface area contributed by atoms with E-state index in [0.717, 1.165) is 0 Å². The molecule has 0 amide bonds. The SMILES string of the molecule is [In+3].[Mn+2].[O-2].[O-2].[O-2].[O-2].[Y+3]. The molecule has 0 unspecified atom stereocenters. The van der Waals surface area contributed by atoms with E-state index < -0.39 is 0 Å². The van der Waals surface area contributed by atoms with Crippen LogP contribution in [0.4, 0.5) is 0 Å². The van der Waals surface area contributed by atoms with Crippen LogP contribution in [0.1, 0.15) is 0 Å². The van der Waals surface area contributed by atoms with Crippen molar-refractivity contribution in [3.8, 4) is 0 Å². The Labute approximate surface area is 96.2 Å². The van der Waals surface area contributed by atoms with Crippen molar-refractivity contribution >= 4 is 25.8 Å². The van der Waals surface area contributed by atoms with Gasteiger partial charge in [0.05, 0.1) is 0 Å². The predicted molar refractivity (Wildman–Crippen MR) is 8.50 cm³/mol. The predicted octanol–water partition coefficient (Wildman–Crippen LogP) is -0.861. The van der Waals surface area contributed by atoms with E-state index in [1.165, 1.54) is 0 Å². The van der Waals surface area contributed by atoms with Crippen LogP contribution in [-0.4, -0.2) is 25.8 Å². The van der Waals surface area contributed by atoms with Crippen molar-refractivity contribution in [2.45, 2.75) is 0 Å². The Morgan fingerprint density at radius 1 is 0.571 bits per heavy atom. The molecule has 0 aromatic heterocycles. The minimum Gasteiger partial charge on any atom is -2.00 e. The van der Waals surface area contributed by atoms with Crippen LogP contribution < -0.4 is 0 Å². The zero-order valence-corrected chi connectivity index (χ0v) is 10.5. The van der Waals surface area contributed by atoms with Crippen LogP contribution in [0.2, 0.25) is 0 Å². The number of hydrogen-bond donors (Lipinski definition) is 0. The van der Waals surface area contributed by atoms with Crippen LogP contribution in [0.25, 0.3) is 0 Å². The third kappa shape index (κ3) is 61.4. The van der Waals surface area contributed by atoms with E-state index in [1.54, 1.807) is 0 Å². The number of hydrogen-bond acceptors (Lipinski definition) is 0. The first-order valence-corrected chi connectivity index (χ1v) is 0. The molecule has 0 aliphatic carbocycles. The van der Waals surface area contributed by atoms with Gasteiger partial charge in [-0.25, -0.2) is 0 Å². The molecule has 0 aliphatic rings. The first-order chi connectivity index (χ1) is 0. The van der Waals surface area contributed by atoms with Gasteiger partial charge < -0.3 is 21.9 Å². The molecule has 0 heterocycles. The molecule has 0 saturated heterocycles. The average Bonchev–Trinajstić information content (AvgIpc) is 0. The molecule has 0 aromatic rings. The van der Waals surface area contributed by atoms with Crippen molar-refractivity contribution in [1.82, 2.24) is 0 Å².